The minimum atomic E-state index is -0.157. The molecule has 0 amide bonds. The molecule has 2 aliphatic rings. The number of nitrogens with zero attached hydrogens (tertiary/aromatic N) is 3. The predicted molar refractivity (Wildman–Crippen MR) is 128 cm³/mol. The van der Waals surface area contributed by atoms with Crippen LogP contribution in [-0.4, -0.2) is 48.4 Å². The van der Waals surface area contributed by atoms with Crippen LogP contribution in [-0.2, 0) is 6.42 Å². The molecule has 1 fully saturated rings. The summed E-state index contributed by atoms with van der Waals surface area (Å²) in [5, 5.41) is 4.76. The zero-order chi connectivity index (χ0) is 21.4. The lowest BCUT2D eigenvalue weighted by Crippen LogP contribution is -2.53. The third-order valence-corrected chi connectivity index (χ3v) is 7.17. The van der Waals surface area contributed by atoms with E-state index in [0.717, 1.165) is 60.3 Å². The standard InChI is InChI=1S/C25H27FN4S/c1-17-14-21-24(27-22-8-3-4-9-23(22)28-25(21)31-17)30-13-12-29(2)20(16-30)11-10-18-6-5-7-19(26)15-18/h3-9,14-15,20,28H,10-13,16H2,1-2H3/t20-/m0/s1. The summed E-state index contributed by atoms with van der Waals surface area (Å²) in [6, 6.07) is 17.9. The summed E-state index contributed by atoms with van der Waals surface area (Å²) in [7, 11) is 2.19. The van der Waals surface area contributed by atoms with Crippen molar-refractivity contribution in [1.29, 1.82) is 0 Å². The third-order valence-electron chi connectivity index (χ3n) is 6.21. The van der Waals surface area contributed by atoms with Gasteiger partial charge in [0.05, 0.1) is 16.9 Å². The minimum Gasteiger partial charge on any atom is -0.353 e. The van der Waals surface area contributed by atoms with Gasteiger partial charge in [0, 0.05) is 30.6 Å². The number of likely N-dealkylation sites (N-methyl/N-ethyl adjacent to an activating group) is 1. The highest BCUT2D eigenvalue weighted by Crippen LogP contribution is 2.39. The van der Waals surface area contributed by atoms with Crippen molar-refractivity contribution in [2.75, 3.05) is 32.0 Å². The van der Waals surface area contributed by atoms with Gasteiger partial charge in [0.15, 0.2) is 0 Å². The molecular weight excluding hydrogens is 407 g/mol. The van der Waals surface area contributed by atoms with Crippen molar-refractivity contribution < 1.29 is 4.39 Å². The topological polar surface area (TPSA) is 30.9 Å². The molecule has 31 heavy (non-hydrogen) atoms. The molecule has 0 radical (unpaired) electrons. The molecule has 0 saturated carbocycles. The van der Waals surface area contributed by atoms with Crippen LogP contribution in [0.5, 0.6) is 0 Å². The van der Waals surface area contributed by atoms with Gasteiger partial charge in [-0.3, -0.25) is 4.90 Å². The Morgan fingerprint density at radius 2 is 2.00 bits per heavy atom. The maximum Gasteiger partial charge on any atom is 0.139 e. The number of piperazine rings is 1. The molecule has 2 aromatic carbocycles. The molecule has 0 unspecified atom stereocenters. The zero-order valence-electron chi connectivity index (χ0n) is 17.9. The molecule has 3 heterocycles. The van der Waals surface area contributed by atoms with Gasteiger partial charge in [-0.05, 0) is 62.7 Å². The summed E-state index contributed by atoms with van der Waals surface area (Å²) in [4.78, 5) is 11.3. The Hall–Kier alpha value is -2.70. The first kappa shape index (κ1) is 20.2. The van der Waals surface area contributed by atoms with Crippen LogP contribution < -0.4 is 5.32 Å². The molecule has 3 aromatic rings. The van der Waals surface area contributed by atoms with Crippen molar-refractivity contribution in [3.8, 4) is 0 Å². The SMILES string of the molecule is Cc1cc2c(s1)Nc1ccccc1N=C2N1CCN(C)[C@@H](CCc2cccc(F)c2)C1. The number of thiophene rings is 1. The van der Waals surface area contributed by atoms with E-state index in [-0.39, 0.29) is 5.82 Å². The van der Waals surface area contributed by atoms with E-state index in [2.05, 4.69) is 47.3 Å². The summed E-state index contributed by atoms with van der Waals surface area (Å²) >= 11 is 1.78. The van der Waals surface area contributed by atoms with Crippen LogP contribution in [0.15, 0.2) is 59.6 Å². The number of halogens is 1. The van der Waals surface area contributed by atoms with E-state index < -0.39 is 0 Å². The van der Waals surface area contributed by atoms with Gasteiger partial charge in [-0.25, -0.2) is 9.38 Å². The fourth-order valence-electron chi connectivity index (χ4n) is 4.46. The first-order valence-electron chi connectivity index (χ1n) is 10.8. The second-order valence-electron chi connectivity index (χ2n) is 8.43. The summed E-state index contributed by atoms with van der Waals surface area (Å²) in [6.07, 6.45) is 1.87. The van der Waals surface area contributed by atoms with E-state index in [1.54, 1.807) is 23.5 Å². The number of para-hydroxylation sites is 2. The van der Waals surface area contributed by atoms with E-state index >= 15 is 0 Å². The number of anilines is 2. The Balaban J connectivity index is 1.41. The number of aliphatic imine (C=N–C) groups is 1. The molecular formula is C25H27FN4S. The number of amidine groups is 1. The van der Waals surface area contributed by atoms with Gasteiger partial charge in [-0.2, -0.15) is 0 Å². The highest BCUT2D eigenvalue weighted by molar-refractivity contribution is 7.16. The Kier molecular flexibility index (Phi) is 5.50. The molecule has 1 saturated heterocycles. The van der Waals surface area contributed by atoms with Crippen LogP contribution in [0.25, 0.3) is 0 Å². The van der Waals surface area contributed by atoms with Crippen molar-refractivity contribution in [3.05, 3.63) is 76.4 Å². The highest BCUT2D eigenvalue weighted by Gasteiger charge is 2.29. The molecule has 160 valence electrons. The molecule has 4 nitrogen and oxygen atoms in total. The Morgan fingerprint density at radius 1 is 1.13 bits per heavy atom. The van der Waals surface area contributed by atoms with E-state index in [9.17, 15) is 4.39 Å². The average Bonchev–Trinajstić information content (AvgIpc) is 3.05. The van der Waals surface area contributed by atoms with E-state index in [1.165, 1.54) is 16.5 Å². The molecule has 1 aromatic heterocycles. The van der Waals surface area contributed by atoms with Crippen LogP contribution in [0.2, 0.25) is 0 Å². The Labute approximate surface area is 187 Å². The molecule has 0 bridgehead atoms. The highest BCUT2D eigenvalue weighted by atomic mass is 32.1. The van der Waals surface area contributed by atoms with E-state index in [4.69, 9.17) is 4.99 Å². The number of fused-ring (bicyclic) bond motifs is 2. The number of benzene rings is 2. The van der Waals surface area contributed by atoms with Crippen LogP contribution in [0.3, 0.4) is 0 Å². The molecule has 0 aliphatic carbocycles. The van der Waals surface area contributed by atoms with Crippen molar-refractivity contribution in [1.82, 2.24) is 9.80 Å². The summed E-state index contributed by atoms with van der Waals surface area (Å²) in [6.45, 7) is 5.00. The fourth-order valence-corrected chi connectivity index (χ4v) is 5.38. The number of hydrogen-bond acceptors (Lipinski definition) is 5. The van der Waals surface area contributed by atoms with Crippen molar-refractivity contribution in [2.45, 2.75) is 25.8 Å². The van der Waals surface area contributed by atoms with Gasteiger partial charge in [-0.15, -0.1) is 11.3 Å². The first-order chi connectivity index (χ1) is 15.1. The molecule has 5 rings (SSSR count). The van der Waals surface area contributed by atoms with Crippen molar-refractivity contribution >= 4 is 33.5 Å². The first-order valence-corrected chi connectivity index (χ1v) is 11.6. The second-order valence-corrected chi connectivity index (χ2v) is 9.68. The average molecular weight is 435 g/mol. The van der Waals surface area contributed by atoms with E-state index in [1.807, 2.05) is 18.2 Å². The van der Waals surface area contributed by atoms with Gasteiger partial charge >= 0.3 is 0 Å². The monoisotopic (exact) mass is 434 g/mol. The normalized spacial score (nSPS) is 18.6. The smallest absolute Gasteiger partial charge is 0.139 e. The van der Waals surface area contributed by atoms with Gasteiger partial charge in [0.2, 0.25) is 0 Å². The predicted octanol–water partition coefficient (Wildman–Crippen LogP) is 5.58. The fraction of sp³-hybridized carbons (Fsp3) is 0.320. The lowest BCUT2D eigenvalue weighted by molar-refractivity contribution is 0.134. The van der Waals surface area contributed by atoms with Crippen molar-refractivity contribution in [2.24, 2.45) is 4.99 Å². The van der Waals surface area contributed by atoms with Crippen LogP contribution >= 0.6 is 11.3 Å². The van der Waals surface area contributed by atoms with Crippen LogP contribution in [0, 0.1) is 12.7 Å². The summed E-state index contributed by atoms with van der Waals surface area (Å²) in [5.74, 6) is 0.899. The minimum absolute atomic E-state index is 0.157. The van der Waals surface area contributed by atoms with Crippen LogP contribution in [0.4, 0.5) is 20.8 Å². The maximum absolute atomic E-state index is 13.6. The number of rotatable bonds is 3. The number of aryl methyl sites for hydroxylation is 2. The summed E-state index contributed by atoms with van der Waals surface area (Å²) in [5.41, 5.74) is 4.28. The third kappa shape index (κ3) is 4.23. The van der Waals surface area contributed by atoms with E-state index in [0.29, 0.717) is 6.04 Å². The number of hydrogen-bond donors (Lipinski definition) is 1. The number of nitrogens with one attached hydrogen (secondary N) is 1. The quantitative estimate of drug-likeness (QED) is 0.584. The zero-order valence-corrected chi connectivity index (χ0v) is 18.8. The van der Waals surface area contributed by atoms with Crippen LogP contribution in [0.1, 0.15) is 22.4 Å². The molecule has 1 N–H and O–H groups in total. The molecule has 6 heteroatoms. The maximum atomic E-state index is 13.6. The largest absolute Gasteiger partial charge is 0.353 e. The van der Waals surface area contributed by atoms with Gasteiger partial charge < -0.3 is 10.2 Å². The Bertz CT molecular complexity index is 1120. The lowest BCUT2D eigenvalue weighted by atomic mass is 10.0. The molecule has 0 spiro atoms. The van der Waals surface area contributed by atoms with Gasteiger partial charge in [0.25, 0.3) is 0 Å². The summed E-state index contributed by atoms with van der Waals surface area (Å²) < 4.78 is 13.6. The lowest BCUT2D eigenvalue weighted by Gasteiger charge is -2.41. The molecule has 2 aliphatic heterocycles. The second kappa shape index (κ2) is 8.44. The molecule has 1 atom stereocenters. The van der Waals surface area contributed by atoms with Gasteiger partial charge in [0.1, 0.15) is 16.7 Å². The van der Waals surface area contributed by atoms with Gasteiger partial charge in [-0.1, -0.05) is 24.3 Å². The van der Waals surface area contributed by atoms with Crippen molar-refractivity contribution in [3.63, 3.8) is 0 Å². The Morgan fingerprint density at radius 3 is 2.87 bits per heavy atom.